The van der Waals surface area contributed by atoms with E-state index in [9.17, 15) is 13.8 Å². The molecule has 1 aliphatic rings. The molecule has 8 heteroatoms. The Labute approximate surface area is 153 Å². The van der Waals surface area contributed by atoms with Gasteiger partial charge >= 0.3 is 6.03 Å². The molecule has 1 heterocycles. The van der Waals surface area contributed by atoms with E-state index in [1.807, 2.05) is 12.1 Å². The number of urea groups is 1. The van der Waals surface area contributed by atoms with Crippen molar-refractivity contribution in [1.29, 1.82) is 0 Å². The van der Waals surface area contributed by atoms with E-state index in [-0.39, 0.29) is 24.9 Å². The van der Waals surface area contributed by atoms with Crippen LogP contribution in [0.3, 0.4) is 0 Å². The van der Waals surface area contributed by atoms with Gasteiger partial charge in [-0.15, -0.1) is 12.4 Å². The van der Waals surface area contributed by atoms with Crippen LogP contribution < -0.4 is 5.32 Å². The van der Waals surface area contributed by atoms with Crippen LogP contribution in [0.1, 0.15) is 21.5 Å². The van der Waals surface area contributed by atoms with Crippen molar-refractivity contribution in [1.82, 2.24) is 10.2 Å². The van der Waals surface area contributed by atoms with Crippen molar-refractivity contribution in [2.75, 3.05) is 6.54 Å². The molecule has 1 unspecified atom stereocenters. The third kappa shape index (κ3) is 4.25. The van der Waals surface area contributed by atoms with Gasteiger partial charge in [0.25, 0.3) is 5.91 Å². The molecule has 0 saturated heterocycles. The lowest BCUT2D eigenvalue weighted by molar-refractivity contribution is 0.0821. The Balaban J connectivity index is 0.00000225. The molecule has 0 spiro atoms. The molecule has 2 aromatic rings. The average molecular weight is 381 g/mol. The topological polar surface area (TPSA) is 86.7 Å². The molecule has 0 fully saturated rings. The summed E-state index contributed by atoms with van der Waals surface area (Å²) in [6.45, 7) is 0.665. The lowest BCUT2D eigenvalue weighted by atomic mass is 10.1. The number of imide groups is 1. The van der Waals surface area contributed by atoms with Gasteiger partial charge in [-0.05, 0) is 35.7 Å². The molecular weight excluding hydrogens is 364 g/mol. The summed E-state index contributed by atoms with van der Waals surface area (Å²) in [6.07, 6.45) is 0.569. The number of hydrogen-bond donors (Lipinski definition) is 2. The number of hydrogen-bond acceptors (Lipinski definition) is 3. The Kier molecular flexibility index (Phi) is 6.30. The zero-order valence-corrected chi connectivity index (χ0v) is 14.8. The van der Waals surface area contributed by atoms with Crippen LogP contribution in [0.2, 0.25) is 0 Å². The third-order valence-corrected chi connectivity index (χ3v) is 4.56. The van der Waals surface area contributed by atoms with E-state index >= 15 is 0 Å². The first-order valence-corrected chi connectivity index (χ1v) is 8.54. The second-order valence-electron chi connectivity index (χ2n) is 5.42. The number of amides is 3. The van der Waals surface area contributed by atoms with Crippen LogP contribution in [0, 0.1) is 0 Å². The molecule has 2 aromatic carbocycles. The van der Waals surface area contributed by atoms with Crippen molar-refractivity contribution in [3.63, 3.8) is 0 Å². The highest BCUT2D eigenvalue weighted by Gasteiger charge is 2.31. The number of carbonyl (C=O) groups is 2. The molecule has 1 aliphatic heterocycles. The van der Waals surface area contributed by atoms with Gasteiger partial charge in [0, 0.05) is 12.1 Å². The number of halogens is 1. The number of nitrogens with one attached hydrogen (secondary N) is 1. The Morgan fingerprint density at radius 2 is 1.84 bits per heavy atom. The molecular formula is C17H17ClN2O4S. The second kappa shape index (κ2) is 8.24. The zero-order chi connectivity index (χ0) is 17.1. The lowest BCUT2D eigenvalue weighted by Crippen LogP contribution is -2.40. The Bertz CT molecular complexity index is 811. The predicted molar refractivity (Wildman–Crippen MR) is 96.1 cm³/mol. The van der Waals surface area contributed by atoms with Gasteiger partial charge in [0.05, 0.1) is 11.4 Å². The highest BCUT2D eigenvalue weighted by molar-refractivity contribution is 7.79. The monoisotopic (exact) mass is 380 g/mol. The van der Waals surface area contributed by atoms with Gasteiger partial charge in [-0.25, -0.2) is 9.00 Å². The van der Waals surface area contributed by atoms with Crippen molar-refractivity contribution in [2.45, 2.75) is 17.9 Å². The van der Waals surface area contributed by atoms with Gasteiger partial charge in [0.15, 0.2) is 11.1 Å². The minimum atomic E-state index is -1.99. The van der Waals surface area contributed by atoms with Crippen molar-refractivity contribution in [3.8, 4) is 0 Å². The lowest BCUT2D eigenvalue weighted by Gasteiger charge is -2.14. The van der Waals surface area contributed by atoms with Crippen molar-refractivity contribution in [3.05, 3.63) is 65.2 Å². The van der Waals surface area contributed by atoms with E-state index in [1.165, 1.54) is 4.90 Å². The first-order valence-electron chi connectivity index (χ1n) is 7.43. The zero-order valence-electron chi connectivity index (χ0n) is 13.2. The van der Waals surface area contributed by atoms with Crippen LogP contribution in [0.4, 0.5) is 4.79 Å². The summed E-state index contributed by atoms with van der Waals surface area (Å²) in [4.78, 5) is 25.9. The fourth-order valence-electron chi connectivity index (χ4n) is 2.60. The van der Waals surface area contributed by atoms with Gasteiger partial charge in [-0.3, -0.25) is 9.69 Å². The van der Waals surface area contributed by atoms with E-state index in [0.717, 1.165) is 11.1 Å². The molecule has 132 valence electrons. The summed E-state index contributed by atoms with van der Waals surface area (Å²) in [5.41, 5.74) is 2.35. The molecule has 1 atom stereocenters. The Morgan fingerprint density at radius 3 is 2.48 bits per heavy atom. The number of fused-ring (bicyclic) bond motifs is 1. The first kappa shape index (κ1) is 19.1. The molecule has 0 saturated carbocycles. The molecule has 2 N–H and O–H groups in total. The normalized spacial score (nSPS) is 13.8. The first-order chi connectivity index (χ1) is 11.6. The fraction of sp³-hybridized carbons (Fsp3) is 0.176. The highest BCUT2D eigenvalue weighted by Crippen LogP contribution is 2.22. The van der Waals surface area contributed by atoms with E-state index in [0.29, 0.717) is 23.4 Å². The molecule has 0 aliphatic carbocycles. The molecule has 0 radical (unpaired) electrons. The summed E-state index contributed by atoms with van der Waals surface area (Å²) in [7, 11) is 0. The molecule has 0 aromatic heterocycles. The number of benzene rings is 2. The maximum absolute atomic E-state index is 12.2. The van der Waals surface area contributed by atoms with E-state index < -0.39 is 17.1 Å². The summed E-state index contributed by atoms with van der Waals surface area (Å²) < 4.78 is 19.9. The molecule has 0 bridgehead atoms. The van der Waals surface area contributed by atoms with Gasteiger partial charge in [-0.1, -0.05) is 30.3 Å². The van der Waals surface area contributed by atoms with Crippen LogP contribution in [-0.4, -0.2) is 32.1 Å². The Hall–Kier alpha value is -2.22. The van der Waals surface area contributed by atoms with E-state index in [4.69, 9.17) is 4.55 Å². The maximum atomic E-state index is 12.2. The maximum Gasteiger partial charge on any atom is 0.324 e. The quantitative estimate of drug-likeness (QED) is 0.798. The highest BCUT2D eigenvalue weighted by atomic mass is 35.5. The Morgan fingerprint density at radius 1 is 1.16 bits per heavy atom. The standard InChI is InChI=1S/C17H16N2O4S.ClH/c20-16-15-4-2-1-3-13(15)11-19(16)17(21)18-10-9-12-5-7-14(8-6-12)24(22)23;/h1-8H,9-11H2,(H,18,21)(H,22,23);1H. The van der Waals surface area contributed by atoms with Crippen molar-refractivity contribution < 1.29 is 18.4 Å². The minimum Gasteiger partial charge on any atom is -0.337 e. The molecule has 3 rings (SSSR count). The predicted octanol–water partition coefficient (Wildman–Crippen LogP) is 2.60. The van der Waals surface area contributed by atoms with E-state index in [2.05, 4.69) is 5.32 Å². The largest absolute Gasteiger partial charge is 0.337 e. The third-order valence-electron chi connectivity index (χ3n) is 3.88. The molecule has 6 nitrogen and oxygen atoms in total. The van der Waals surface area contributed by atoms with Gasteiger partial charge in [0.2, 0.25) is 0 Å². The second-order valence-corrected chi connectivity index (χ2v) is 6.39. The van der Waals surface area contributed by atoms with Crippen LogP contribution in [-0.2, 0) is 24.0 Å². The SMILES string of the molecule is Cl.O=C(NCCc1ccc(S(=O)O)cc1)N1Cc2ccccc2C1=O. The fourth-order valence-corrected chi connectivity index (χ4v) is 2.97. The smallest absolute Gasteiger partial charge is 0.324 e. The van der Waals surface area contributed by atoms with E-state index in [1.54, 1.807) is 36.4 Å². The van der Waals surface area contributed by atoms with Crippen LogP contribution >= 0.6 is 12.4 Å². The van der Waals surface area contributed by atoms with Crippen LogP contribution in [0.25, 0.3) is 0 Å². The summed E-state index contributed by atoms with van der Waals surface area (Å²) in [5, 5.41) is 2.73. The van der Waals surface area contributed by atoms with Crippen molar-refractivity contribution >= 4 is 35.4 Å². The summed E-state index contributed by atoms with van der Waals surface area (Å²) >= 11 is -1.99. The number of nitrogens with zero attached hydrogens (tertiary/aromatic N) is 1. The van der Waals surface area contributed by atoms with Gasteiger partial charge < -0.3 is 9.87 Å². The summed E-state index contributed by atoms with van der Waals surface area (Å²) in [6, 6.07) is 13.4. The van der Waals surface area contributed by atoms with Gasteiger partial charge in [0.1, 0.15) is 0 Å². The van der Waals surface area contributed by atoms with Crippen LogP contribution in [0.5, 0.6) is 0 Å². The average Bonchev–Trinajstić information content (AvgIpc) is 2.93. The van der Waals surface area contributed by atoms with Crippen molar-refractivity contribution in [2.24, 2.45) is 0 Å². The number of carbonyl (C=O) groups excluding carboxylic acids is 2. The van der Waals surface area contributed by atoms with Crippen LogP contribution in [0.15, 0.2) is 53.4 Å². The number of rotatable bonds is 4. The van der Waals surface area contributed by atoms with Gasteiger partial charge in [-0.2, -0.15) is 0 Å². The molecule has 25 heavy (non-hydrogen) atoms. The molecule has 3 amide bonds. The summed E-state index contributed by atoms with van der Waals surface area (Å²) in [5.74, 6) is -0.280. The minimum absolute atomic E-state index is 0.